The van der Waals surface area contributed by atoms with Crippen molar-refractivity contribution < 1.29 is 15.0 Å². The standard InChI is InChI=1S/C17H30N2O3/c1-2-3-6-10-16(20)11-9-14-19(15-18)13-8-5-4-7-12-17(21)22/h2,16,20H,1,3-14H2,(H,21,22). The average Bonchev–Trinajstić information content (AvgIpc) is 2.48. The van der Waals surface area contributed by atoms with Gasteiger partial charge in [0.05, 0.1) is 6.10 Å². The van der Waals surface area contributed by atoms with Crippen molar-refractivity contribution in [3.8, 4) is 6.19 Å². The molecule has 5 nitrogen and oxygen atoms in total. The third-order valence-corrected chi connectivity index (χ3v) is 3.62. The van der Waals surface area contributed by atoms with Crippen molar-refractivity contribution in [1.29, 1.82) is 5.26 Å². The van der Waals surface area contributed by atoms with Crippen molar-refractivity contribution in [3.63, 3.8) is 0 Å². The van der Waals surface area contributed by atoms with Gasteiger partial charge >= 0.3 is 5.97 Å². The minimum absolute atomic E-state index is 0.228. The Morgan fingerprint density at radius 3 is 2.41 bits per heavy atom. The molecular formula is C17H30N2O3. The summed E-state index contributed by atoms with van der Waals surface area (Å²) in [6.07, 6.45) is 11.7. The van der Waals surface area contributed by atoms with Gasteiger partial charge in [0.2, 0.25) is 0 Å². The lowest BCUT2D eigenvalue weighted by molar-refractivity contribution is -0.137. The quantitative estimate of drug-likeness (QED) is 0.210. The summed E-state index contributed by atoms with van der Waals surface area (Å²) < 4.78 is 0. The van der Waals surface area contributed by atoms with Crippen molar-refractivity contribution in [3.05, 3.63) is 12.7 Å². The van der Waals surface area contributed by atoms with Crippen molar-refractivity contribution in [2.45, 2.75) is 70.3 Å². The van der Waals surface area contributed by atoms with Crippen LogP contribution in [-0.2, 0) is 4.79 Å². The van der Waals surface area contributed by atoms with Gasteiger partial charge in [-0.1, -0.05) is 18.9 Å². The van der Waals surface area contributed by atoms with Gasteiger partial charge in [-0.3, -0.25) is 4.79 Å². The monoisotopic (exact) mass is 310 g/mol. The number of aliphatic hydroxyl groups is 1. The zero-order valence-corrected chi connectivity index (χ0v) is 13.5. The van der Waals surface area contributed by atoms with Gasteiger partial charge in [-0.05, 0) is 44.9 Å². The number of carboxylic acid groups (broad SMARTS) is 1. The Morgan fingerprint density at radius 1 is 1.14 bits per heavy atom. The number of carboxylic acids is 1. The van der Waals surface area contributed by atoms with Gasteiger partial charge in [-0.2, -0.15) is 5.26 Å². The highest BCUT2D eigenvalue weighted by atomic mass is 16.4. The van der Waals surface area contributed by atoms with Crippen molar-refractivity contribution >= 4 is 5.97 Å². The van der Waals surface area contributed by atoms with Crippen LogP contribution in [0.2, 0.25) is 0 Å². The summed E-state index contributed by atoms with van der Waals surface area (Å²) in [7, 11) is 0. The molecule has 0 aliphatic carbocycles. The van der Waals surface area contributed by atoms with E-state index in [1.807, 2.05) is 6.08 Å². The van der Waals surface area contributed by atoms with Crippen LogP contribution in [0.3, 0.4) is 0 Å². The van der Waals surface area contributed by atoms with E-state index in [4.69, 9.17) is 10.4 Å². The predicted octanol–water partition coefficient (Wildman–Crippen LogP) is 3.30. The van der Waals surface area contributed by atoms with Gasteiger partial charge in [-0.25, -0.2) is 0 Å². The maximum atomic E-state index is 10.4. The number of aliphatic hydroxyl groups excluding tert-OH is 1. The average molecular weight is 310 g/mol. The van der Waals surface area contributed by atoms with Crippen molar-refractivity contribution in [1.82, 2.24) is 4.90 Å². The van der Waals surface area contributed by atoms with Crippen LogP contribution in [-0.4, -0.2) is 40.3 Å². The van der Waals surface area contributed by atoms with Gasteiger partial charge < -0.3 is 15.1 Å². The van der Waals surface area contributed by atoms with E-state index in [2.05, 4.69) is 12.8 Å². The molecule has 0 heterocycles. The molecule has 0 aromatic heterocycles. The number of hydrogen-bond acceptors (Lipinski definition) is 4. The SMILES string of the molecule is C=CCCCC(O)CCCN(C#N)CCCCCCC(=O)O. The molecule has 0 bridgehead atoms. The van der Waals surface area contributed by atoms with Gasteiger partial charge in [0.1, 0.15) is 0 Å². The molecular weight excluding hydrogens is 280 g/mol. The molecule has 22 heavy (non-hydrogen) atoms. The molecule has 0 saturated heterocycles. The number of nitriles is 1. The molecule has 0 fully saturated rings. The Balaban J connectivity index is 3.56. The first-order valence-electron chi connectivity index (χ1n) is 8.25. The lowest BCUT2D eigenvalue weighted by atomic mass is 10.1. The fourth-order valence-corrected chi connectivity index (χ4v) is 2.30. The second kappa shape index (κ2) is 14.4. The van der Waals surface area contributed by atoms with Crippen LogP contribution in [0.1, 0.15) is 64.2 Å². The third-order valence-electron chi connectivity index (χ3n) is 3.62. The Hall–Kier alpha value is -1.54. The molecule has 0 aromatic carbocycles. The summed E-state index contributed by atoms with van der Waals surface area (Å²) in [5.74, 6) is -0.745. The summed E-state index contributed by atoms with van der Waals surface area (Å²) >= 11 is 0. The number of hydrogen-bond donors (Lipinski definition) is 2. The van der Waals surface area contributed by atoms with E-state index in [1.165, 1.54) is 0 Å². The minimum Gasteiger partial charge on any atom is -0.481 e. The second-order valence-electron chi connectivity index (χ2n) is 5.66. The summed E-state index contributed by atoms with van der Waals surface area (Å²) in [5, 5.41) is 27.4. The zero-order valence-electron chi connectivity index (χ0n) is 13.5. The van der Waals surface area contributed by atoms with Crippen LogP contribution in [0.15, 0.2) is 12.7 Å². The van der Waals surface area contributed by atoms with E-state index in [0.29, 0.717) is 13.0 Å². The van der Waals surface area contributed by atoms with Crippen LogP contribution in [0.5, 0.6) is 0 Å². The molecule has 0 rings (SSSR count). The maximum absolute atomic E-state index is 10.4. The van der Waals surface area contributed by atoms with Crippen LogP contribution >= 0.6 is 0 Å². The fourth-order valence-electron chi connectivity index (χ4n) is 2.30. The van der Waals surface area contributed by atoms with Gasteiger partial charge in [0, 0.05) is 19.5 Å². The smallest absolute Gasteiger partial charge is 0.303 e. The highest BCUT2D eigenvalue weighted by molar-refractivity contribution is 5.66. The lowest BCUT2D eigenvalue weighted by Gasteiger charge is -2.16. The molecule has 0 saturated carbocycles. The van der Waals surface area contributed by atoms with E-state index in [0.717, 1.165) is 57.9 Å². The molecule has 0 aliphatic rings. The van der Waals surface area contributed by atoms with Crippen LogP contribution in [0.25, 0.3) is 0 Å². The number of carbonyl (C=O) groups is 1. The highest BCUT2D eigenvalue weighted by Crippen LogP contribution is 2.09. The Labute approximate surface area is 134 Å². The predicted molar refractivity (Wildman–Crippen MR) is 87.2 cm³/mol. The molecule has 126 valence electrons. The first-order valence-corrected chi connectivity index (χ1v) is 8.25. The second-order valence-corrected chi connectivity index (χ2v) is 5.66. The molecule has 0 radical (unpaired) electrons. The molecule has 1 atom stereocenters. The minimum atomic E-state index is -0.745. The van der Waals surface area contributed by atoms with Gasteiger partial charge in [-0.15, -0.1) is 6.58 Å². The maximum Gasteiger partial charge on any atom is 0.303 e. The zero-order chi connectivity index (χ0) is 16.6. The van der Waals surface area contributed by atoms with Crippen LogP contribution < -0.4 is 0 Å². The van der Waals surface area contributed by atoms with Crippen LogP contribution in [0.4, 0.5) is 0 Å². The first-order chi connectivity index (χ1) is 10.6. The fraction of sp³-hybridized carbons (Fsp3) is 0.765. The number of nitrogens with zero attached hydrogens (tertiary/aromatic N) is 2. The molecule has 0 amide bonds. The van der Waals surface area contributed by atoms with Crippen molar-refractivity contribution in [2.75, 3.05) is 13.1 Å². The summed E-state index contributed by atoms with van der Waals surface area (Å²) in [5.41, 5.74) is 0. The molecule has 5 heteroatoms. The number of rotatable bonds is 15. The largest absolute Gasteiger partial charge is 0.481 e. The Bertz CT molecular complexity index is 339. The Morgan fingerprint density at radius 2 is 1.77 bits per heavy atom. The number of allylic oxidation sites excluding steroid dienone is 1. The van der Waals surface area contributed by atoms with Gasteiger partial charge in [0.15, 0.2) is 6.19 Å². The Kier molecular flexibility index (Phi) is 13.4. The topological polar surface area (TPSA) is 84.6 Å². The van der Waals surface area contributed by atoms with E-state index >= 15 is 0 Å². The molecule has 0 spiro atoms. The summed E-state index contributed by atoms with van der Waals surface area (Å²) in [6.45, 7) is 5.06. The van der Waals surface area contributed by atoms with E-state index in [9.17, 15) is 9.90 Å². The van der Waals surface area contributed by atoms with E-state index < -0.39 is 5.97 Å². The highest BCUT2D eigenvalue weighted by Gasteiger charge is 2.06. The molecule has 2 N–H and O–H groups in total. The number of unbranched alkanes of at least 4 members (excludes halogenated alkanes) is 4. The van der Waals surface area contributed by atoms with Gasteiger partial charge in [0.25, 0.3) is 0 Å². The molecule has 0 aliphatic heterocycles. The first kappa shape index (κ1) is 20.5. The van der Waals surface area contributed by atoms with Crippen LogP contribution in [0, 0.1) is 11.5 Å². The third kappa shape index (κ3) is 13.4. The normalized spacial score (nSPS) is 11.6. The lowest BCUT2D eigenvalue weighted by Crippen LogP contribution is -2.21. The summed E-state index contributed by atoms with van der Waals surface area (Å²) in [4.78, 5) is 12.1. The van der Waals surface area contributed by atoms with Crippen molar-refractivity contribution in [2.24, 2.45) is 0 Å². The van der Waals surface area contributed by atoms with E-state index in [-0.39, 0.29) is 12.5 Å². The summed E-state index contributed by atoms with van der Waals surface area (Å²) in [6, 6.07) is 0. The molecule has 0 aromatic rings. The number of aliphatic carboxylic acids is 1. The van der Waals surface area contributed by atoms with E-state index in [1.54, 1.807) is 4.90 Å². The molecule has 1 unspecified atom stereocenters.